The molecule has 2 aromatic rings. The number of nitrogens with zero attached hydrogens (tertiary/aromatic N) is 1. The zero-order chi connectivity index (χ0) is 29.2. The molecule has 14 heteroatoms. The van der Waals surface area contributed by atoms with Crippen LogP contribution in [-0.4, -0.2) is 43.6 Å². The summed E-state index contributed by atoms with van der Waals surface area (Å²) in [4.78, 5) is 15.1. The van der Waals surface area contributed by atoms with E-state index < -0.39 is 52.9 Å². The minimum absolute atomic E-state index is 0.00856. The van der Waals surface area contributed by atoms with Crippen LogP contribution in [0.5, 0.6) is 0 Å². The predicted octanol–water partition coefficient (Wildman–Crippen LogP) is 5.55. The topological polar surface area (TPSA) is 172 Å². The quantitative estimate of drug-likeness (QED) is 0.193. The van der Waals surface area contributed by atoms with Crippen LogP contribution in [0.2, 0.25) is 10.0 Å². The van der Waals surface area contributed by atoms with Gasteiger partial charge in [-0.05, 0) is 68.7 Å². The minimum Gasteiger partial charge on any atom is -0.478 e. The highest BCUT2D eigenvalue weighted by molar-refractivity contribution is 7.86. The van der Waals surface area contributed by atoms with Gasteiger partial charge in [0.05, 0.1) is 15.9 Å². The van der Waals surface area contributed by atoms with Gasteiger partial charge < -0.3 is 9.52 Å². The molecule has 0 amide bonds. The fraction of sp³-hybridized carbons (Fsp3) is 0.200. The Morgan fingerprint density at radius 2 is 1.51 bits per heavy atom. The van der Waals surface area contributed by atoms with Crippen molar-refractivity contribution < 1.29 is 40.3 Å². The average molecular weight is 614 g/mol. The van der Waals surface area contributed by atoms with Crippen molar-refractivity contribution in [2.24, 2.45) is 4.99 Å². The first-order valence-electron chi connectivity index (χ1n) is 11.2. The van der Waals surface area contributed by atoms with Gasteiger partial charge in [-0.25, -0.2) is 4.79 Å². The van der Waals surface area contributed by atoms with E-state index in [4.69, 9.17) is 27.6 Å². The number of benzene rings is 3. The van der Waals surface area contributed by atoms with Crippen molar-refractivity contribution in [3.05, 3.63) is 61.9 Å². The molecule has 0 aromatic heterocycles. The Bertz CT molecular complexity index is 1980. The van der Waals surface area contributed by atoms with Crippen molar-refractivity contribution in [1.82, 2.24) is 0 Å². The lowest BCUT2D eigenvalue weighted by atomic mass is 9.88. The maximum atomic E-state index is 12.7. The zero-order valence-corrected chi connectivity index (χ0v) is 24.0. The second kappa shape index (κ2) is 9.88. The van der Waals surface area contributed by atoms with Crippen molar-refractivity contribution in [2.75, 3.05) is 6.54 Å². The summed E-state index contributed by atoms with van der Waals surface area (Å²) in [5.74, 6) is -2.00. The molecule has 1 aliphatic heterocycles. The normalized spacial score (nSPS) is 13.0. The minimum atomic E-state index is -5.06. The second-order valence-electron chi connectivity index (χ2n) is 8.76. The van der Waals surface area contributed by atoms with E-state index in [9.17, 15) is 35.8 Å². The second-order valence-corrected chi connectivity index (χ2v) is 12.3. The van der Waals surface area contributed by atoms with E-state index in [0.29, 0.717) is 5.56 Å². The van der Waals surface area contributed by atoms with Gasteiger partial charge in [0.1, 0.15) is 4.90 Å². The molecule has 0 saturated carbocycles. The van der Waals surface area contributed by atoms with E-state index in [2.05, 4.69) is 4.99 Å². The first-order chi connectivity index (χ1) is 18.0. The van der Waals surface area contributed by atoms with E-state index in [1.165, 1.54) is 38.1 Å². The Hall–Kier alpha value is -3.00. The molecule has 1 aliphatic carbocycles. The fourth-order valence-corrected chi connectivity index (χ4v) is 6.90. The highest BCUT2D eigenvalue weighted by Crippen LogP contribution is 2.49. The number of hydrogen-bond donors (Lipinski definition) is 3. The van der Waals surface area contributed by atoms with Gasteiger partial charge in [-0.3, -0.25) is 14.1 Å². The smallest absolute Gasteiger partial charge is 0.337 e. The van der Waals surface area contributed by atoms with Crippen LogP contribution in [0.25, 0.3) is 33.4 Å². The highest BCUT2D eigenvalue weighted by Gasteiger charge is 2.34. The Morgan fingerprint density at radius 3 is 2.05 bits per heavy atom. The van der Waals surface area contributed by atoms with Crippen LogP contribution in [0, 0.1) is 20.8 Å². The molecule has 0 unspecified atom stereocenters. The summed E-state index contributed by atoms with van der Waals surface area (Å²) in [7, 11) is -10.0. The standard InChI is InChI=1S/C25H21Cl2NO9S2/c1-5-28-20-11(3)9-14-17(18-15(26)6-7-16(27)19(18)25(29)30)13-8-10(2)12(4)23(38(31,32)33)21(13)37-22(14)24(20)39(34,35)36/h6-9H,5H2,1-4H3,(H,29,30)(H,31,32,33)(H,34,35,36). The molecule has 0 bridgehead atoms. The molecule has 4 rings (SSSR count). The maximum Gasteiger partial charge on any atom is 0.337 e. The molecule has 0 atom stereocenters. The van der Waals surface area contributed by atoms with Crippen LogP contribution in [0.4, 0.5) is 0 Å². The summed E-state index contributed by atoms with van der Waals surface area (Å²) >= 11 is 12.8. The summed E-state index contributed by atoms with van der Waals surface area (Å²) < 4.78 is 76.9. The van der Waals surface area contributed by atoms with Crippen molar-refractivity contribution in [2.45, 2.75) is 37.5 Å². The largest absolute Gasteiger partial charge is 0.478 e. The molecule has 2 aromatic carbocycles. The monoisotopic (exact) mass is 613 g/mol. The first kappa shape index (κ1) is 29.0. The average Bonchev–Trinajstić information content (AvgIpc) is 2.79. The number of carboxylic acid groups (broad SMARTS) is 1. The van der Waals surface area contributed by atoms with Gasteiger partial charge in [-0.1, -0.05) is 23.2 Å². The van der Waals surface area contributed by atoms with E-state index in [0.717, 1.165) is 0 Å². The fourth-order valence-electron chi connectivity index (χ4n) is 4.62. The van der Waals surface area contributed by atoms with Gasteiger partial charge >= 0.3 is 5.97 Å². The number of fused-ring (bicyclic) bond motifs is 2. The molecule has 39 heavy (non-hydrogen) atoms. The number of aromatic carboxylic acids is 1. The van der Waals surface area contributed by atoms with Crippen LogP contribution in [0.3, 0.4) is 0 Å². The molecule has 10 nitrogen and oxygen atoms in total. The number of carbonyl (C=O) groups is 1. The number of rotatable bonds is 5. The van der Waals surface area contributed by atoms with Gasteiger partial charge in [0.15, 0.2) is 16.2 Å². The van der Waals surface area contributed by atoms with Gasteiger partial charge in [0.2, 0.25) is 0 Å². The molecule has 0 saturated heterocycles. The first-order valence-corrected chi connectivity index (χ1v) is 14.9. The third-order valence-corrected chi connectivity index (χ3v) is 8.82. The lowest BCUT2D eigenvalue weighted by molar-refractivity contribution is 0.0698. The molecular formula is C25H21Cl2NO9S2. The number of hydrogen-bond acceptors (Lipinski definition) is 7. The van der Waals surface area contributed by atoms with Crippen LogP contribution in [-0.2, 0) is 20.2 Å². The number of aryl methyl sites for hydroxylation is 2. The molecular weight excluding hydrogens is 593 g/mol. The molecule has 0 radical (unpaired) electrons. The third kappa shape index (κ3) is 4.81. The number of halogens is 2. The molecule has 2 aliphatic rings. The van der Waals surface area contributed by atoms with Crippen molar-refractivity contribution in [3.63, 3.8) is 0 Å². The van der Waals surface area contributed by atoms with Crippen LogP contribution in [0.15, 0.2) is 43.5 Å². The van der Waals surface area contributed by atoms with Gasteiger partial charge in [-0.2, -0.15) is 16.8 Å². The summed E-state index contributed by atoms with van der Waals surface area (Å²) in [5.41, 5.74) is -0.419. The molecule has 0 fully saturated rings. The van der Waals surface area contributed by atoms with E-state index in [1.54, 1.807) is 13.8 Å². The lowest BCUT2D eigenvalue weighted by Gasteiger charge is -2.22. The third-order valence-electron chi connectivity index (χ3n) is 6.29. The summed E-state index contributed by atoms with van der Waals surface area (Å²) in [6.45, 7) is 6.25. The van der Waals surface area contributed by atoms with Crippen molar-refractivity contribution in [3.8, 4) is 22.5 Å². The van der Waals surface area contributed by atoms with Gasteiger partial charge in [0.25, 0.3) is 20.2 Å². The maximum absolute atomic E-state index is 12.7. The lowest BCUT2D eigenvalue weighted by Crippen LogP contribution is -2.21. The molecule has 1 heterocycles. The molecule has 206 valence electrons. The Kier molecular flexibility index (Phi) is 7.34. The van der Waals surface area contributed by atoms with Crippen LogP contribution >= 0.6 is 23.2 Å². The summed E-state index contributed by atoms with van der Waals surface area (Å²) in [6, 6.07) is 5.55. The Morgan fingerprint density at radius 1 is 0.923 bits per heavy atom. The summed E-state index contributed by atoms with van der Waals surface area (Å²) in [6.07, 6.45) is 0. The van der Waals surface area contributed by atoms with Gasteiger partial charge in [0, 0.05) is 33.6 Å². The molecule has 3 N–H and O–H groups in total. The highest BCUT2D eigenvalue weighted by atomic mass is 35.5. The zero-order valence-electron chi connectivity index (χ0n) is 20.8. The van der Waals surface area contributed by atoms with Crippen LogP contribution in [0.1, 0.15) is 34.0 Å². The Labute approximate surface area is 233 Å². The van der Waals surface area contributed by atoms with Crippen molar-refractivity contribution >= 4 is 60.4 Å². The molecule has 0 spiro atoms. The van der Waals surface area contributed by atoms with Crippen molar-refractivity contribution in [1.29, 1.82) is 0 Å². The van der Waals surface area contributed by atoms with Crippen LogP contribution < -0.4 is 5.36 Å². The summed E-state index contributed by atoms with van der Waals surface area (Å²) in [5, 5.41) is 9.60. The van der Waals surface area contributed by atoms with Gasteiger partial charge in [-0.15, -0.1) is 0 Å². The van der Waals surface area contributed by atoms with E-state index in [-0.39, 0.29) is 55.2 Å². The number of carboxylic acids is 1. The predicted molar refractivity (Wildman–Crippen MR) is 145 cm³/mol. The van der Waals surface area contributed by atoms with E-state index in [1.807, 2.05) is 0 Å². The Balaban J connectivity index is 2.54. The SMILES string of the molecule is CCN=c1c(C)cc2c(-c3c(Cl)ccc(Cl)c3C(=O)O)c3cc(C)c(C)c(S(=O)(=O)O)c3oc-2c1S(=O)(=O)O. The van der Waals surface area contributed by atoms with E-state index >= 15 is 0 Å².